The summed E-state index contributed by atoms with van der Waals surface area (Å²) >= 11 is 0. The fourth-order valence-corrected chi connectivity index (χ4v) is 1.98. The minimum Gasteiger partial charge on any atom is -0.475 e. The topological polar surface area (TPSA) is 77.2 Å². The zero-order chi connectivity index (χ0) is 16.8. The van der Waals surface area contributed by atoms with Crippen molar-refractivity contribution in [1.82, 2.24) is 15.5 Å². The first-order chi connectivity index (χ1) is 11.7. The number of halogens is 1. The normalized spacial score (nSPS) is 10.4. The largest absolute Gasteiger partial charge is 0.475 e. The highest BCUT2D eigenvalue weighted by atomic mass is 19.1. The highest BCUT2D eigenvalue weighted by molar-refractivity contribution is 5.94. The molecule has 0 bridgehead atoms. The molecule has 0 aliphatic heterocycles. The number of rotatable bonds is 6. The summed E-state index contributed by atoms with van der Waals surface area (Å²) in [5, 5.41) is 10.6. The minimum absolute atomic E-state index is 0.238. The van der Waals surface area contributed by atoms with Crippen LogP contribution in [0.2, 0.25) is 0 Å². The van der Waals surface area contributed by atoms with Gasteiger partial charge in [-0.15, -0.1) is 10.2 Å². The number of carbonyl (C=O) groups is 1. The molecule has 3 rings (SSSR count). The van der Waals surface area contributed by atoms with Crippen molar-refractivity contribution in [1.29, 1.82) is 0 Å². The zero-order valence-electron chi connectivity index (χ0n) is 12.6. The second-order valence-corrected chi connectivity index (χ2v) is 4.85. The molecule has 0 saturated heterocycles. The van der Waals surface area contributed by atoms with Crippen LogP contribution < -0.4 is 10.1 Å². The molecule has 0 saturated carbocycles. The Hall–Kier alpha value is -3.22. The quantitative estimate of drug-likeness (QED) is 0.704. The summed E-state index contributed by atoms with van der Waals surface area (Å²) in [6.45, 7) is 0.527. The first-order valence-corrected chi connectivity index (χ1v) is 7.26. The third-order valence-corrected chi connectivity index (χ3v) is 3.16. The van der Waals surface area contributed by atoms with Crippen molar-refractivity contribution in [2.24, 2.45) is 0 Å². The van der Waals surface area contributed by atoms with Gasteiger partial charge < -0.3 is 14.5 Å². The van der Waals surface area contributed by atoms with Crippen LogP contribution in [0.3, 0.4) is 0 Å². The zero-order valence-corrected chi connectivity index (χ0v) is 12.6. The average Bonchev–Trinajstić information content (AvgIpc) is 3.14. The lowest BCUT2D eigenvalue weighted by Gasteiger charge is -2.07. The standard InChI is InChI=1S/C17H14FN3O3/c18-13-5-3-12(4-6-13)17(22)19-9-11-24-16-8-7-14(20-21-16)15-2-1-10-23-15/h1-8,10H,9,11H2,(H,19,22). The van der Waals surface area contributed by atoms with E-state index in [1.54, 1.807) is 30.5 Å². The van der Waals surface area contributed by atoms with E-state index < -0.39 is 0 Å². The summed E-state index contributed by atoms with van der Waals surface area (Å²) in [5.41, 5.74) is 0.996. The maximum Gasteiger partial charge on any atom is 0.251 e. The molecule has 1 aromatic carbocycles. The number of benzene rings is 1. The predicted molar refractivity (Wildman–Crippen MR) is 84.0 cm³/mol. The Kier molecular flexibility index (Phi) is 4.81. The molecule has 6 nitrogen and oxygen atoms in total. The van der Waals surface area contributed by atoms with Crippen LogP contribution in [0.1, 0.15) is 10.4 Å². The van der Waals surface area contributed by atoms with E-state index in [4.69, 9.17) is 9.15 Å². The Morgan fingerprint density at radius 2 is 1.96 bits per heavy atom. The highest BCUT2D eigenvalue weighted by Crippen LogP contribution is 2.17. The third kappa shape index (κ3) is 3.95. The first kappa shape index (κ1) is 15.7. The van der Waals surface area contributed by atoms with E-state index in [1.165, 1.54) is 24.3 Å². The van der Waals surface area contributed by atoms with Crippen LogP contribution in [0.25, 0.3) is 11.5 Å². The smallest absolute Gasteiger partial charge is 0.251 e. The van der Waals surface area contributed by atoms with E-state index in [1.807, 2.05) is 0 Å². The predicted octanol–water partition coefficient (Wildman–Crippen LogP) is 2.68. The molecule has 0 aliphatic rings. The Labute approximate surface area is 137 Å². The van der Waals surface area contributed by atoms with Crippen molar-refractivity contribution in [2.45, 2.75) is 0 Å². The van der Waals surface area contributed by atoms with Crippen molar-refractivity contribution in [3.05, 3.63) is 66.2 Å². The lowest BCUT2D eigenvalue weighted by Crippen LogP contribution is -2.28. The molecule has 2 aromatic heterocycles. The van der Waals surface area contributed by atoms with Gasteiger partial charge in [-0.3, -0.25) is 4.79 Å². The van der Waals surface area contributed by atoms with Gasteiger partial charge in [0.1, 0.15) is 18.1 Å². The Morgan fingerprint density at radius 1 is 1.12 bits per heavy atom. The summed E-state index contributed by atoms with van der Waals surface area (Å²) in [4.78, 5) is 11.8. The maximum atomic E-state index is 12.8. The lowest BCUT2D eigenvalue weighted by molar-refractivity contribution is 0.0946. The molecule has 0 aliphatic carbocycles. The maximum absolute atomic E-state index is 12.8. The van der Waals surface area contributed by atoms with Crippen LogP contribution in [0.15, 0.2) is 59.2 Å². The molecule has 122 valence electrons. The molecule has 7 heteroatoms. The molecule has 3 aromatic rings. The molecule has 0 fully saturated rings. The first-order valence-electron chi connectivity index (χ1n) is 7.26. The Morgan fingerprint density at radius 3 is 2.62 bits per heavy atom. The molecule has 0 unspecified atom stereocenters. The number of amides is 1. The summed E-state index contributed by atoms with van der Waals surface area (Å²) in [5.74, 6) is 0.297. The summed E-state index contributed by atoms with van der Waals surface area (Å²) < 4.78 is 23.4. The Balaban J connectivity index is 1.45. The molecule has 0 radical (unpaired) electrons. The second-order valence-electron chi connectivity index (χ2n) is 4.85. The molecule has 0 spiro atoms. The van der Waals surface area contributed by atoms with Gasteiger partial charge in [0.2, 0.25) is 5.88 Å². The SMILES string of the molecule is O=C(NCCOc1ccc(-c2ccco2)nn1)c1ccc(F)cc1. The van der Waals surface area contributed by atoms with Crippen molar-refractivity contribution in [3.63, 3.8) is 0 Å². The van der Waals surface area contributed by atoms with E-state index in [2.05, 4.69) is 15.5 Å². The Bertz CT molecular complexity index is 787. The molecule has 0 atom stereocenters. The number of furan rings is 1. The minimum atomic E-state index is -0.383. The van der Waals surface area contributed by atoms with Crippen LogP contribution in [0, 0.1) is 5.82 Å². The number of hydrogen-bond acceptors (Lipinski definition) is 5. The summed E-state index contributed by atoms with van der Waals surface area (Å²) in [7, 11) is 0. The number of hydrogen-bond donors (Lipinski definition) is 1. The van der Waals surface area contributed by atoms with Crippen molar-refractivity contribution >= 4 is 5.91 Å². The summed E-state index contributed by atoms with van der Waals surface area (Å²) in [6, 6.07) is 12.3. The van der Waals surface area contributed by atoms with Gasteiger partial charge in [-0.25, -0.2) is 4.39 Å². The van der Waals surface area contributed by atoms with E-state index >= 15 is 0 Å². The molecular formula is C17H14FN3O3. The van der Waals surface area contributed by atoms with E-state index in [9.17, 15) is 9.18 Å². The van der Waals surface area contributed by atoms with E-state index in [-0.39, 0.29) is 24.9 Å². The summed E-state index contributed by atoms with van der Waals surface area (Å²) in [6.07, 6.45) is 1.56. The van der Waals surface area contributed by atoms with Gasteiger partial charge in [0.15, 0.2) is 5.76 Å². The van der Waals surface area contributed by atoms with E-state index in [0.29, 0.717) is 22.9 Å². The fraction of sp³-hybridized carbons (Fsp3) is 0.118. The fourth-order valence-electron chi connectivity index (χ4n) is 1.98. The molecule has 1 amide bonds. The highest BCUT2D eigenvalue weighted by Gasteiger charge is 2.06. The van der Waals surface area contributed by atoms with Crippen LogP contribution in [-0.2, 0) is 0 Å². The number of ether oxygens (including phenoxy) is 1. The molecule has 2 heterocycles. The van der Waals surface area contributed by atoms with Crippen LogP contribution >= 0.6 is 0 Å². The van der Waals surface area contributed by atoms with Gasteiger partial charge in [0.05, 0.1) is 12.8 Å². The molecular weight excluding hydrogens is 313 g/mol. The lowest BCUT2D eigenvalue weighted by atomic mass is 10.2. The monoisotopic (exact) mass is 327 g/mol. The van der Waals surface area contributed by atoms with E-state index in [0.717, 1.165) is 0 Å². The molecule has 24 heavy (non-hydrogen) atoms. The van der Waals surface area contributed by atoms with Crippen molar-refractivity contribution in [2.75, 3.05) is 13.2 Å². The second kappa shape index (κ2) is 7.36. The van der Waals surface area contributed by atoms with Gasteiger partial charge in [-0.05, 0) is 42.5 Å². The van der Waals surface area contributed by atoms with Crippen LogP contribution in [0.5, 0.6) is 5.88 Å². The van der Waals surface area contributed by atoms with Crippen molar-refractivity contribution in [3.8, 4) is 17.3 Å². The van der Waals surface area contributed by atoms with Crippen LogP contribution in [0.4, 0.5) is 4.39 Å². The number of aromatic nitrogens is 2. The van der Waals surface area contributed by atoms with Gasteiger partial charge in [-0.2, -0.15) is 0 Å². The third-order valence-electron chi connectivity index (χ3n) is 3.16. The molecule has 1 N–H and O–H groups in total. The average molecular weight is 327 g/mol. The van der Waals surface area contributed by atoms with Crippen molar-refractivity contribution < 1.29 is 18.3 Å². The van der Waals surface area contributed by atoms with Crippen LogP contribution in [-0.4, -0.2) is 29.3 Å². The van der Waals surface area contributed by atoms with Gasteiger partial charge in [-0.1, -0.05) is 0 Å². The number of carbonyl (C=O) groups excluding carboxylic acids is 1. The van der Waals surface area contributed by atoms with Gasteiger partial charge in [0.25, 0.3) is 5.91 Å². The number of nitrogens with zero attached hydrogens (tertiary/aromatic N) is 2. The van der Waals surface area contributed by atoms with Gasteiger partial charge in [0, 0.05) is 11.6 Å². The van der Waals surface area contributed by atoms with Gasteiger partial charge >= 0.3 is 0 Å². The number of nitrogens with one attached hydrogen (secondary N) is 1.